The Bertz CT molecular complexity index is 1240. The van der Waals surface area contributed by atoms with Crippen LogP contribution in [0.2, 0.25) is 0 Å². The van der Waals surface area contributed by atoms with Gasteiger partial charge in [0, 0.05) is 29.4 Å². The fraction of sp³-hybridized carbons (Fsp3) is 0.667. The van der Waals surface area contributed by atoms with Crippen LogP contribution in [-0.2, 0) is 28.6 Å². The summed E-state index contributed by atoms with van der Waals surface area (Å²) in [6, 6.07) is 6.46. The summed E-state index contributed by atoms with van der Waals surface area (Å²) < 4.78 is 29.0. The number of carbonyl (C=O) groups excluding carboxylic acids is 2. The molecule has 279 valence electrons. The van der Waals surface area contributed by atoms with E-state index in [4.69, 9.17) is 29.4 Å². The molecule has 0 aliphatic carbocycles. The van der Waals surface area contributed by atoms with Gasteiger partial charge in [0.1, 0.15) is 42.5 Å². The second kappa shape index (κ2) is 25.0. The summed E-state index contributed by atoms with van der Waals surface area (Å²) in [5.41, 5.74) is 4.98. The van der Waals surface area contributed by atoms with E-state index in [1.165, 1.54) is 32.4 Å². The lowest BCUT2D eigenvalue weighted by atomic mass is 9.71. The third-order valence-corrected chi connectivity index (χ3v) is 11.5. The Morgan fingerprint density at radius 3 is 2.72 bits per heavy atom. The Balaban J connectivity index is 1.70. The number of carbonyl (C=O) groups is 2. The summed E-state index contributed by atoms with van der Waals surface area (Å²) in [5.74, 6) is 5.63. The summed E-state index contributed by atoms with van der Waals surface area (Å²) in [5, 5.41) is 24.8. The van der Waals surface area contributed by atoms with Gasteiger partial charge in [-0.15, -0.1) is 10.1 Å². The summed E-state index contributed by atoms with van der Waals surface area (Å²) >= 11 is 0. The first-order valence-electron chi connectivity index (χ1n) is 15.7. The minimum absolute atomic E-state index is 0.0142. The number of aliphatic hydroxyl groups excluding tert-OH is 1. The summed E-state index contributed by atoms with van der Waals surface area (Å²) in [6.45, 7) is 7.05. The van der Waals surface area contributed by atoms with E-state index in [-0.39, 0.29) is 68.2 Å². The molecule has 50 heavy (non-hydrogen) atoms. The highest BCUT2D eigenvalue weighted by Gasteiger charge is 2.37. The third kappa shape index (κ3) is 19.5. The average Bonchev–Trinajstić information content (AvgIpc) is 3.47. The number of hydrogen-bond acceptors (Lipinski definition) is 16. The number of ether oxygens (including phenoxy) is 5. The number of hydrogen-bond donors (Lipinski definition) is 4. The Kier molecular flexibility index (Phi) is 22.1. The Morgan fingerprint density at radius 1 is 1.22 bits per heavy atom. The van der Waals surface area contributed by atoms with Crippen LogP contribution in [0.4, 0.5) is 0 Å². The van der Waals surface area contributed by atoms with E-state index in [9.17, 15) is 24.8 Å². The largest absolute Gasteiger partial charge is 0.490 e. The number of rotatable bonds is 24. The molecule has 5 atom stereocenters. The van der Waals surface area contributed by atoms with Gasteiger partial charge < -0.3 is 50.0 Å². The molecule has 1 aromatic rings. The van der Waals surface area contributed by atoms with Gasteiger partial charge in [-0.05, 0) is 30.9 Å². The predicted molar refractivity (Wildman–Crippen MR) is 198 cm³/mol. The maximum Gasteiger partial charge on any atom is 0.294 e. The molecule has 0 saturated carbocycles. The van der Waals surface area contributed by atoms with Crippen molar-refractivity contribution in [3.05, 3.63) is 39.9 Å². The van der Waals surface area contributed by atoms with Crippen molar-refractivity contribution in [2.45, 2.75) is 61.0 Å². The molecular weight excluding hydrogens is 731 g/mol. The molecule has 1 aromatic carbocycles. The molecule has 1 saturated heterocycles. The zero-order chi connectivity index (χ0) is 36.8. The standard InChI is InChI=1S/C30H46BN4O11S4/c1-30(2,3)50-49-27(19-43-22-8-5-7-21(15-22)29(38)34-12-10-32)42-14-13-41-18-26(37)33-11-6-9-31-25-16-23(24(17-36)45-25)46-28(48-47-4)20-44-35(39)40/h5,7-8,15,23-25,27-28,36H,10-14,16-20,32H2,1-4H3,(H,33,37)(H,34,38)/t23-,24?,25-,27?,28-/m1/s1. The van der Waals surface area contributed by atoms with Crippen LogP contribution < -0.4 is 21.1 Å². The molecule has 20 heteroatoms. The molecule has 0 bridgehead atoms. The number of benzene rings is 1. The Morgan fingerprint density at radius 2 is 2.02 bits per heavy atom. The van der Waals surface area contributed by atoms with Gasteiger partial charge in [-0.25, -0.2) is 0 Å². The van der Waals surface area contributed by atoms with Crippen molar-refractivity contribution in [1.29, 1.82) is 0 Å². The van der Waals surface area contributed by atoms with E-state index >= 15 is 0 Å². The normalized spacial score (nSPS) is 18.3. The van der Waals surface area contributed by atoms with E-state index in [0.717, 1.165) is 0 Å². The lowest BCUT2D eigenvalue weighted by molar-refractivity contribution is -0.758. The summed E-state index contributed by atoms with van der Waals surface area (Å²) in [7, 11) is 7.45. The lowest BCUT2D eigenvalue weighted by Gasteiger charge is -2.22. The first kappa shape index (κ1) is 44.1. The van der Waals surface area contributed by atoms with Crippen molar-refractivity contribution in [1.82, 2.24) is 10.6 Å². The smallest absolute Gasteiger partial charge is 0.294 e. The van der Waals surface area contributed by atoms with Gasteiger partial charge in [-0.1, -0.05) is 75.9 Å². The number of nitrogens with zero attached hydrogens (tertiary/aromatic N) is 1. The van der Waals surface area contributed by atoms with Crippen molar-refractivity contribution < 1.29 is 48.3 Å². The average molecular weight is 778 g/mol. The van der Waals surface area contributed by atoms with Gasteiger partial charge in [-0.3, -0.25) is 9.59 Å². The number of aliphatic hydroxyl groups is 1. The van der Waals surface area contributed by atoms with Crippen LogP contribution in [0.5, 0.6) is 5.75 Å². The SMILES string of the molecule is CSS[C@H](CO[N+](=O)[O-])O[C@@H]1C[C@H]([B]C#CCNC(=O)COCCOC(COc2cccc(C(=O)NCCN)c2)SSC(C)(C)C)OC1CO. The highest BCUT2D eigenvalue weighted by molar-refractivity contribution is 8.77. The van der Waals surface area contributed by atoms with Crippen molar-refractivity contribution >= 4 is 62.3 Å². The van der Waals surface area contributed by atoms with Gasteiger partial charge in [-0.2, -0.15) is 5.82 Å². The second-order valence-corrected chi connectivity index (χ2v) is 17.1. The van der Waals surface area contributed by atoms with E-state index < -0.39 is 28.7 Å². The molecule has 2 rings (SSSR count). The highest BCUT2D eigenvalue weighted by Crippen LogP contribution is 2.38. The number of nitrogens with two attached hydrogens (primary N) is 1. The zero-order valence-electron chi connectivity index (χ0n) is 28.5. The van der Waals surface area contributed by atoms with Crippen LogP contribution >= 0.6 is 43.2 Å². The van der Waals surface area contributed by atoms with E-state index in [0.29, 0.717) is 30.8 Å². The molecule has 1 fully saturated rings. The van der Waals surface area contributed by atoms with Crippen LogP contribution in [0.15, 0.2) is 24.3 Å². The van der Waals surface area contributed by atoms with Crippen LogP contribution in [0.3, 0.4) is 0 Å². The van der Waals surface area contributed by atoms with Crippen molar-refractivity contribution in [2.75, 3.05) is 65.5 Å². The fourth-order valence-corrected chi connectivity index (χ4v) is 7.61. The second-order valence-electron chi connectivity index (χ2n) is 11.3. The molecule has 1 aliphatic rings. The first-order valence-corrected chi connectivity index (χ1v) is 20.5. The van der Waals surface area contributed by atoms with Gasteiger partial charge in [0.2, 0.25) is 5.91 Å². The monoisotopic (exact) mass is 777 g/mol. The van der Waals surface area contributed by atoms with Crippen LogP contribution in [0.1, 0.15) is 37.6 Å². The van der Waals surface area contributed by atoms with E-state index in [1.807, 2.05) is 6.26 Å². The van der Waals surface area contributed by atoms with Crippen LogP contribution in [0, 0.1) is 21.9 Å². The topological polar surface area (TPSA) is 203 Å². The molecule has 1 aliphatic heterocycles. The summed E-state index contributed by atoms with van der Waals surface area (Å²) in [6.07, 6.45) is 1.10. The van der Waals surface area contributed by atoms with Crippen molar-refractivity contribution in [2.24, 2.45) is 5.73 Å². The maximum absolute atomic E-state index is 12.3. The minimum atomic E-state index is -0.877. The van der Waals surface area contributed by atoms with Gasteiger partial charge in [0.25, 0.3) is 18.3 Å². The minimum Gasteiger partial charge on any atom is -0.490 e. The fourth-order valence-electron chi connectivity index (χ4n) is 3.95. The molecular formula is C30H46BN4O11S4. The Labute approximate surface area is 309 Å². The van der Waals surface area contributed by atoms with Crippen molar-refractivity contribution in [3.8, 4) is 17.5 Å². The van der Waals surface area contributed by atoms with Gasteiger partial charge >= 0.3 is 0 Å². The zero-order valence-corrected chi connectivity index (χ0v) is 31.8. The molecule has 15 nitrogen and oxygen atoms in total. The molecule has 1 radical (unpaired) electrons. The first-order chi connectivity index (χ1) is 23.9. The third-order valence-electron chi connectivity index (χ3n) is 6.08. The predicted octanol–water partition coefficient (Wildman–Crippen LogP) is 2.11. The molecule has 0 aromatic heterocycles. The quantitative estimate of drug-likeness (QED) is 0.0226. The van der Waals surface area contributed by atoms with E-state index in [2.05, 4.69) is 48.0 Å². The van der Waals surface area contributed by atoms with Gasteiger partial charge in [0.05, 0.1) is 32.5 Å². The number of nitrogens with one attached hydrogen (secondary N) is 2. The van der Waals surface area contributed by atoms with Crippen LogP contribution in [0.25, 0.3) is 0 Å². The molecule has 1 heterocycles. The molecule has 2 amide bonds. The lowest BCUT2D eigenvalue weighted by Crippen LogP contribution is -2.32. The van der Waals surface area contributed by atoms with Gasteiger partial charge in [0.15, 0.2) is 0 Å². The highest BCUT2D eigenvalue weighted by atomic mass is 33.1. The van der Waals surface area contributed by atoms with E-state index in [1.54, 1.807) is 42.3 Å². The van der Waals surface area contributed by atoms with Crippen molar-refractivity contribution in [3.63, 3.8) is 0 Å². The molecule has 2 unspecified atom stereocenters. The summed E-state index contributed by atoms with van der Waals surface area (Å²) in [4.78, 5) is 39.4. The maximum atomic E-state index is 12.3. The van der Waals surface area contributed by atoms with Crippen LogP contribution in [-0.4, -0.2) is 129 Å². The molecule has 0 spiro atoms. The Hall–Kier alpha value is -2.06. The molecule has 5 N–H and O–H groups in total. The number of amides is 2.